The van der Waals surface area contributed by atoms with Crippen molar-refractivity contribution in [3.8, 4) is 11.5 Å². The second-order valence-corrected chi connectivity index (χ2v) is 9.63. The number of carboxylic acids is 1. The summed E-state index contributed by atoms with van der Waals surface area (Å²) in [4.78, 5) is 24.1. The van der Waals surface area contributed by atoms with Gasteiger partial charge in [0.2, 0.25) is 0 Å². The number of fused-ring (bicyclic) bond motifs is 1. The average Bonchev–Trinajstić information content (AvgIpc) is 3.07. The summed E-state index contributed by atoms with van der Waals surface area (Å²) >= 11 is 6.15. The molecule has 0 aliphatic carbocycles. The maximum Gasteiger partial charge on any atom is 0.303 e. The third-order valence-corrected chi connectivity index (χ3v) is 6.76. The molecule has 1 aromatic heterocycles. The first-order valence-electron chi connectivity index (χ1n) is 11.9. The van der Waals surface area contributed by atoms with E-state index in [4.69, 9.17) is 21.4 Å². The van der Waals surface area contributed by atoms with E-state index in [9.17, 15) is 14.0 Å². The fourth-order valence-electron chi connectivity index (χ4n) is 4.55. The van der Waals surface area contributed by atoms with E-state index in [0.29, 0.717) is 34.2 Å². The number of aromatic nitrogens is 1. The molecule has 0 fully saturated rings. The van der Waals surface area contributed by atoms with Crippen LogP contribution in [0.4, 0.5) is 4.39 Å². The van der Waals surface area contributed by atoms with Gasteiger partial charge in [-0.25, -0.2) is 4.39 Å². The van der Waals surface area contributed by atoms with E-state index in [2.05, 4.69) is 5.32 Å². The molecule has 0 saturated heterocycles. The largest absolute Gasteiger partial charge is 0.481 e. The van der Waals surface area contributed by atoms with Crippen LogP contribution in [-0.4, -0.2) is 21.6 Å². The zero-order chi connectivity index (χ0) is 26.9. The van der Waals surface area contributed by atoms with Gasteiger partial charge < -0.3 is 19.7 Å². The molecule has 0 bridgehead atoms. The number of rotatable bonds is 8. The van der Waals surface area contributed by atoms with Gasteiger partial charge in [0.1, 0.15) is 23.0 Å². The van der Waals surface area contributed by atoms with Crippen LogP contribution >= 0.6 is 11.6 Å². The van der Waals surface area contributed by atoms with Crippen molar-refractivity contribution in [1.82, 2.24) is 9.88 Å². The predicted octanol–water partition coefficient (Wildman–Crippen LogP) is 6.89. The number of carbonyl (C=O) groups excluding carboxylic acids is 1. The Bertz CT molecular complexity index is 1510. The van der Waals surface area contributed by atoms with Gasteiger partial charge in [0.05, 0.1) is 6.04 Å². The number of nitrogens with zero attached hydrogens (tertiary/aromatic N) is 1. The standard InChI is InChI=1S/C29H28ClFN2O4/c1-16-11-23(8-5-19(16)6-10-27(34)35)37-24-13-20(12-22(31)15-24)18(3)32-29(36)28-17(2)25-14-21(30)7-9-26(25)33(28)4/h5,7-9,11-15,18H,6,10H2,1-4H3,(H,32,36)(H,34,35)/t18-/m1/s1. The Morgan fingerprint density at radius 3 is 2.54 bits per heavy atom. The van der Waals surface area contributed by atoms with Gasteiger partial charge >= 0.3 is 5.97 Å². The summed E-state index contributed by atoms with van der Waals surface area (Å²) in [6.07, 6.45) is 0.468. The Morgan fingerprint density at radius 2 is 1.84 bits per heavy atom. The number of aliphatic carboxylic acids is 1. The predicted molar refractivity (Wildman–Crippen MR) is 142 cm³/mol. The van der Waals surface area contributed by atoms with Crippen LogP contribution in [0.15, 0.2) is 54.6 Å². The zero-order valence-electron chi connectivity index (χ0n) is 21.1. The van der Waals surface area contributed by atoms with E-state index in [1.165, 1.54) is 12.1 Å². The third-order valence-electron chi connectivity index (χ3n) is 6.53. The summed E-state index contributed by atoms with van der Waals surface area (Å²) in [5, 5.41) is 13.4. The first kappa shape index (κ1) is 26.2. The average molecular weight is 523 g/mol. The Morgan fingerprint density at radius 1 is 1.08 bits per heavy atom. The second kappa shape index (κ2) is 10.6. The Kier molecular flexibility index (Phi) is 7.55. The van der Waals surface area contributed by atoms with E-state index < -0.39 is 17.8 Å². The molecular weight excluding hydrogens is 495 g/mol. The Labute approximate surface area is 219 Å². The molecule has 0 unspecified atom stereocenters. The molecule has 0 aliphatic rings. The molecule has 37 heavy (non-hydrogen) atoms. The van der Waals surface area contributed by atoms with Crippen molar-refractivity contribution >= 4 is 34.4 Å². The minimum absolute atomic E-state index is 0.0456. The number of ether oxygens (including phenoxy) is 1. The second-order valence-electron chi connectivity index (χ2n) is 9.19. The number of hydrogen-bond donors (Lipinski definition) is 2. The van der Waals surface area contributed by atoms with E-state index in [-0.39, 0.29) is 12.3 Å². The normalized spacial score (nSPS) is 11.9. The van der Waals surface area contributed by atoms with Gasteiger partial charge in [0.25, 0.3) is 5.91 Å². The van der Waals surface area contributed by atoms with Gasteiger partial charge in [-0.1, -0.05) is 17.7 Å². The SMILES string of the molecule is Cc1cc(Oc2cc(F)cc([C@@H](C)NC(=O)c3c(C)c4cc(Cl)ccc4n3C)c2)ccc1CCC(=O)O. The van der Waals surface area contributed by atoms with Crippen molar-refractivity contribution in [2.45, 2.75) is 39.7 Å². The van der Waals surface area contributed by atoms with Crippen LogP contribution in [0, 0.1) is 19.7 Å². The van der Waals surface area contributed by atoms with Gasteiger partial charge in [0, 0.05) is 35.5 Å². The number of nitrogens with one attached hydrogen (secondary N) is 1. The minimum Gasteiger partial charge on any atom is -0.481 e. The number of carboxylic acid groups (broad SMARTS) is 1. The van der Waals surface area contributed by atoms with Crippen molar-refractivity contribution in [2.24, 2.45) is 7.05 Å². The molecule has 0 radical (unpaired) electrons. The summed E-state index contributed by atoms with van der Waals surface area (Å²) < 4.78 is 22.2. The Hall–Kier alpha value is -3.84. The topological polar surface area (TPSA) is 80.6 Å². The molecule has 8 heteroatoms. The zero-order valence-corrected chi connectivity index (χ0v) is 21.8. The molecule has 1 heterocycles. The van der Waals surface area contributed by atoms with E-state index in [0.717, 1.165) is 27.6 Å². The highest BCUT2D eigenvalue weighted by atomic mass is 35.5. The molecule has 2 N–H and O–H groups in total. The van der Waals surface area contributed by atoms with E-state index >= 15 is 0 Å². The summed E-state index contributed by atoms with van der Waals surface area (Å²) in [5.41, 5.74) is 4.58. The molecule has 0 spiro atoms. The van der Waals surface area contributed by atoms with Crippen molar-refractivity contribution in [3.05, 3.63) is 93.4 Å². The lowest BCUT2D eigenvalue weighted by atomic mass is 10.0. The molecule has 6 nitrogen and oxygen atoms in total. The van der Waals surface area contributed by atoms with Gasteiger partial charge in [-0.3, -0.25) is 9.59 Å². The molecule has 0 saturated carbocycles. The first-order chi connectivity index (χ1) is 17.5. The molecular formula is C29H28ClFN2O4. The number of carbonyl (C=O) groups is 2. The number of halogens is 2. The lowest BCUT2D eigenvalue weighted by Gasteiger charge is -2.17. The van der Waals surface area contributed by atoms with Crippen molar-refractivity contribution in [3.63, 3.8) is 0 Å². The fraction of sp³-hybridized carbons (Fsp3) is 0.241. The highest BCUT2D eigenvalue weighted by Gasteiger charge is 2.21. The smallest absolute Gasteiger partial charge is 0.303 e. The number of hydrogen-bond acceptors (Lipinski definition) is 3. The molecule has 3 aromatic carbocycles. The summed E-state index contributed by atoms with van der Waals surface area (Å²) in [5.74, 6) is -0.815. The molecule has 0 aliphatic heterocycles. The van der Waals surface area contributed by atoms with Crippen LogP contribution < -0.4 is 10.1 Å². The molecule has 192 valence electrons. The van der Waals surface area contributed by atoms with Crippen LogP contribution in [0.25, 0.3) is 10.9 Å². The molecule has 4 aromatic rings. The van der Waals surface area contributed by atoms with Crippen molar-refractivity contribution in [2.75, 3.05) is 0 Å². The number of benzene rings is 3. The summed E-state index contributed by atoms with van der Waals surface area (Å²) in [6.45, 7) is 5.54. The molecule has 4 rings (SSSR count). The monoisotopic (exact) mass is 522 g/mol. The number of amides is 1. The fourth-order valence-corrected chi connectivity index (χ4v) is 4.73. The Balaban J connectivity index is 1.53. The van der Waals surface area contributed by atoms with Crippen molar-refractivity contribution in [1.29, 1.82) is 0 Å². The van der Waals surface area contributed by atoms with Crippen molar-refractivity contribution < 1.29 is 23.8 Å². The lowest BCUT2D eigenvalue weighted by molar-refractivity contribution is -0.136. The summed E-state index contributed by atoms with van der Waals surface area (Å²) in [7, 11) is 1.83. The highest BCUT2D eigenvalue weighted by Crippen LogP contribution is 2.30. The quantitative estimate of drug-likeness (QED) is 0.264. The maximum atomic E-state index is 14.5. The van der Waals surface area contributed by atoms with Crippen LogP contribution in [0.3, 0.4) is 0 Å². The van der Waals surface area contributed by atoms with Crippen LogP contribution in [-0.2, 0) is 18.3 Å². The summed E-state index contributed by atoms with van der Waals surface area (Å²) in [6, 6.07) is 14.7. The highest BCUT2D eigenvalue weighted by molar-refractivity contribution is 6.31. The minimum atomic E-state index is -0.854. The maximum absolute atomic E-state index is 14.5. The lowest BCUT2D eigenvalue weighted by Crippen LogP contribution is -2.29. The van der Waals surface area contributed by atoms with Gasteiger partial charge in [0.15, 0.2) is 0 Å². The van der Waals surface area contributed by atoms with Crippen LogP contribution in [0.1, 0.15) is 52.1 Å². The van der Waals surface area contributed by atoms with E-state index in [1.807, 2.05) is 43.7 Å². The van der Waals surface area contributed by atoms with Gasteiger partial charge in [-0.15, -0.1) is 0 Å². The van der Waals surface area contributed by atoms with Crippen LogP contribution in [0.2, 0.25) is 5.02 Å². The van der Waals surface area contributed by atoms with Gasteiger partial charge in [-0.2, -0.15) is 0 Å². The first-order valence-corrected chi connectivity index (χ1v) is 12.3. The van der Waals surface area contributed by atoms with E-state index in [1.54, 1.807) is 31.2 Å². The number of aryl methyl sites for hydroxylation is 4. The van der Waals surface area contributed by atoms with Crippen LogP contribution in [0.5, 0.6) is 11.5 Å². The molecule has 1 amide bonds. The van der Waals surface area contributed by atoms with Gasteiger partial charge in [-0.05, 0) is 91.9 Å². The third kappa shape index (κ3) is 5.78. The molecule has 1 atom stereocenters.